The number of rotatable bonds is 1. The molecule has 0 bridgehead atoms. The van der Waals surface area contributed by atoms with Crippen LogP contribution in [0.2, 0.25) is 0 Å². The molecule has 0 spiro atoms. The van der Waals surface area contributed by atoms with Gasteiger partial charge in [0.05, 0.1) is 0 Å². The van der Waals surface area contributed by atoms with Crippen LogP contribution in [0.4, 0.5) is 0 Å². The van der Waals surface area contributed by atoms with Gasteiger partial charge in [-0.25, -0.2) is 0 Å². The minimum Gasteiger partial charge on any atom is -0.273 e. The van der Waals surface area contributed by atoms with E-state index < -0.39 is 0 Å². The first-order valence-corrected chi connectivity index (χ1v) is 4.27. The van der Waals surface area contributed by atoms with Crippen molar-refractivity contribution >= 4 is 0 Å². The number of hydrogen-bond acceptors (Lipinski definition) is 1. The van der Waals surface area contributed by atoms with Crippen molar-refractivity contribution in [2.75, 3.05) is 0 Å². The first-order chi connectivity index (χ1) is 5.52. The first kappa shape index (κ1) is 9.20. The number of aromatic nitrogens is 1. The maximum Gasteiger partial charge on any atom is 0.207 e. The molecule has 1 unspecified atom stereocenters. The van der Waals surface area contributed by atoms with E-state index in [2.05, 4.69) is 37.5 Å². The summed E-state index contributed by atoms with van der Waals surface area (Å²) < 4.78 is 2.13. The lowest BCUT2D eigenvalue weighted by atomic mass is 10.2. The standard InChI is InChI=1S/C10H17N2/c1-7-5-8(2)12(10(4)11)9(3)6-7/h5-6,10H,11H2,1-4H3/q+1. The van der Waals surface area contributed by atoms with Gasteiger partial charge in [-0.3, -0.25) is 5.73 Å². The number of pyridine rings is 1. The molecule has 12 heavy (non-hydrogen) atoms. The molecule has 1 aromatic heterocycles. The predicted molar refractivity (Wildman–Crippen MR) is 49.7 cm³/mol. The molecule has 2 N–H and O–H groups in total. The molecule has 0 aliphatic heterocycles. The highest BCUT2D eigenvalue weighted by atomic mass is 15.1. The topological polar surface area (TPSA) is 29.9 Å². The van der Waals surface area contributed by atoms with E-state index in [0.717, 1.165) is 0 Å². The molecule has 2 heteroatoms. The summed E-state index contributed by atoms with van der Waals surface area (Å²) in [5.74, 6) is 0. The molecule has 1 heterocycles. The SMILES string of the molecule is Cc1cc(C)[n+](C(C)N)c(C)c1. The zero-order valence-corrected chi connectivity index (χ0v) is 8.26. The van der Waals surface area contributed by atoms with Crippen molar-refractivity contribution in [3.8, 4) is 0 Å². The maximum atomic E-state index is 5.83. The van der Waals surface area contributed by atoms with E-state index in [-0.39, 0.29) is 6.17 Å². The van der Waals surface area contributed by atoms with Gasteiger partial charge in [0.15, 0.2) is 11.4 Å². The van der Waals surface area contributed by atoms with Crippen LogP contribution in [0.5, 0.6) is 0 Å². The summed E-state index contributed by atoms with van der Waals surface area (Å²) >= 11 is 0. The fourth-order valence-electron chi connectivity index (χ4n) is 1.76. The van der Waals surface area contributed by atoms with Gasteiger partial charge in [0.1, 0.15) is 0 Å². The molecule has 0 amide bonds. The minimum atomic E-state index is 0.0607. The van der Waals surface area contributed by atoms with E-state index >= 15 is 0 Å². The number of nitrogens with two attached hydrogens (primary N) is 1. The molecule has 0 saturated carbocycles. The second kappa shape index (κ2) is 3.23. The quantitative estimate of drug-likeness (QED) is 0.626. The summed E-state index contributed by atoms with van der Waals surface area (Å²) in [5, 5.41) is 0. The van der Waals surface area contributed by atoms with Gasteiger partial charge in [0.25, 0.3) is 0 Å². The van der Waals surface area contributed by atoms with Gasteiger partial charge in [-0.1, -0.05) is 0 Å². The second-order valence-corrected chi connectivity index (χ2v) is 3.43. The van der Waals surface area contributed by atoms with E-state index in [1.165, 1.54) is 17.0 Å². The lowest BCUT2D eigenvalue weighted by Crippen LogP contribution is -2.48. The Balaban J connectivity index is 3.28. The van der Waals surface area contributed by atoms with E-state index in [0.29, 0.717) is 0 Å². The average Bonchev–Trinajstić information content (AvgIpc) is 1.82. The van der Waals surface area contributed by atoms with Gasteiger partial charge in [-0.2, -0.15) is 4.57 Å². The van der Waals surface area contributed by atoms with Gasteiger partial charge in [-0.05, 0) is 12.5 Å². The normalized spacial score (nSPS) is 13.1. The van der Waals surface area contributed by atoms with Gasteiger partial charge >= 0.3 is 0 Å². The molecular weight excluding hydrogens is 148 g/mol. The number of nitrogens with zero attached hydrogens (tertiary/aromatic N) is 1. The molecule has 0 fully saturated rings. The lowest BCUT2D eigenvalue weighted by molar-refractivity contribution is -0.730. The van der Waals surface area contributed by atoms with Crippen molar-refractivity contribution in [3.63, 3.8) is 0 Å². The van der Waals surface area contributed by atoms with Crippen molar-refractivity contribution in [1.29, 1.82) is 0 Å². The van der Waals surface area contributed by atoms with Crippen molar-refractivity contribution in [2.45, 2.75) is 33.9 Å². The van der Waals surface area contributed by atoms with Gasteiger partial charge in [-0.15, -0.1) is 0 Å². The largest absolute Gasteiger partial charge is 0.273 e. The molecule has 0 aromatic carbocycles. The monoisotopic (exact) mass is 165 g/mol. The number of hydrogen-bond donors (Lipinski definition) is 1. The Labute approximate surface area is 74.0 Å². The fraction of sp³-hybridized carbons (Fsp3) is 0.500. The van der Waals surface area contributed by atoms with Crippen LogP contribution in [0, 0.1) is 20.8 Å². The van der Waals surface area contributed by atoms with Crippen LogP contribution in [0.3, 0.4) is 0 Å². The van der Waals surface area contributed by atoms with Crippen LogP contribution in [0.1, 0.15) is 30.0 Å². The Hall–Kier alpha value is -0.890. The Bertz CT molecular complexity index is 267. The summed E-state index contributed by atoms with van der Waals surface area (Å²) in [4.78, 5) is 0. The Kier molecular flexibility index (Phi) is 2.48. The van der Waals surface area contributed by atoms with Gasteiger partial charge < -0.3 is 0 Å². The third-order valence-electron chi connectivity index (χ3n) is 2.04. The first-order valence-electron chi connectivity index (χ1n) is 4.27. The van der Waals surface area contributed by atoms with Crippen LogP contribution >= 0.6 is 0 Å². The van der Waals surface area contributed by atoms with Gasteiger partial charge in [0, 0.05) is 32.9 Å². The summed E-state index contributed by atoms with van der Waals surface area (Å²) in [6.45, 7) is 8.27. The summed E-state index contributed by atoms with van der Waals surface area (Å²) in [5.41, 5.74) is 9.57. The van der Waals surface area contributed by atoms with Crippen molar-refractivity contribution in [1.82, 2.24) is 0 Å². The zero-order valence-electron chi connectivity index (χ0n) is 8.26. The van der Waals surface area contributed by atoms with Crippen molar-refractivity contribution < 1.29 is 4.57 Å². The van der Waals surface area contributed by atoms with Crippen molar-refractivity contribution in [2.24, 2.45) is 5.73 Å². The molecule has 0 aliphatic rings. The smallest absolute Gasteiger partial charge is 0.207 e. The summed E-state index contributed by atoms with van der Waals surface area (Å²) in [7, 11) is 0. The molecule has 0 saturated heterocycles. The second-order valence-electron chi connectivity index (χ2n) is 3.43. The van der Waals surface area contributed by atoms with E-state index in [4.69, 9.17) is 5.73 Å². The minimum absolute atomic E-state index is 0.0607. The lowest BCUT2D eigenvalue weighted by Gasteiger charge is -2.07. The maximum absolute atomic E-state index is 5.83. The molecule has 1 rings (SSSR count). The van der Waals surface area contributed by atoms with Crippen LogP contribution < -0.4 is 10.3 Å². The molecule has 1 atom stereocenters. The van der Waals surface area contributed by atoms with Crippen LogP contribution in [-0.4, -0.2) is 0 Å². The third-order valence-corrected chi connectivity index (χ3v) is 2.04. The van der Waals surface area contributed by atoms with E-state index in [1.54, 1.807) is 0 Å². The van der Waals surface area contributed by atoms with Crippen LogP contribution in [0.15, 0.2) is 12.1 Å². The van der Waals surface area contributed by atoms with Gasteiger partial charge in [0.2, 0.25) is 6.17 Å². The number of aryl methyl sites for hydroxylation is 3. The summed E-state index contributed by atoms with van der Waals surface area (Å²) in [6, 6.07) is 4.30. The molecule has 1 aromatic rings. The average molecular weight is 165 g/mol. The summed E-state index contributed by atoms with van der Waals surface area (Å²) in [6.07, 6.45) is 0.0607. The Morgan fingerprint density at radius 2 is 1.58 bits per heavy atom. The molecular formula is C10H17N2+. The molecule has 0 aliphatic carbocycles. The zero-order chi connectivity index (χ0) is 9.30. The highest BCUT2D eigenvalue weighted by Crippen LogP contribution is 2.03. The highest BCUT2D eigenvalue weighted by Gasteiger charge is 2.14. The molecule has 66 valence electrons. The van der Waals surface area contributed by atoms with Crippen LogP contribution in [-0.2, 0) is 0 Å². The highest BCUT2D eigenvalue weighted by molar-refractivity contribution is 5.13. The Morgan fingerprint density at radius 1 is 1.17 bits per heavy atom. The van der Waals surface area contributed by atoms with Crippen LogP contribution in [0.25, 0.3) is 0 Å². The molecule has 0 radical (unpaired) electrons. The van der Waals surface area contributed by atoms with E-state index in [1.807, 2.05) is 6.92 Å². The van der Waals surface area contributed by atoms with Crippen molar-refractivity contribution in [3.05, 3.63) is 29.1 Å². The third kappa shape index (κ3) is 1.64. The predicted octanol–water partition coefficient (Wildman–Crippen LogP) is 1.38. The fourth-order valence-corrected chi connectivity index (χ4v) is 1.76. The molecule has 2 nitrogen and oxygen atoms in total. The van der Waals surface area contributed by atoms with E-state index in [9.17, 15) is 0 Å². The Morgan fingerprint density at radius 3 is 1.92 bits per heavy atom.